The van der Waals surface area contributed by atoms with Crippen LogP contribution in [-0.4, -0.2) is 55.1 Å². The summed E-state index contributed by atoms with van der Waals surface area (Å²) >= 11 is 0. The lowest BCUT2D eigenvalue weighted by molar-refractivity contribution is 0.101. The molecule has 0 bridgehead atoms. The molecule has 0 spiro atoms. The Morgan fingerprint density at radius 1 is 1.25 bits per heavy atom. The number of nitrogens with zero attached hydrogens (tertiary/aromatic N) is 2. The first-order chi connectivity index (χ1) is 9.74. The van der Waals surface area contributed by atoms with Gasteiger partial charge in [0.15, 0.2) is 0 Å². The minimum absolute atomic E-state index is 0.454. The molecule has 1 aromatic rings. The number of likely N-dealkylation sites (tertiary alicyclic amines) is 1. The van der Waals surface area contributed by atoms with Crippen molar-refractivity contribution in [3.63, 3.8) is 0 Å². The highest BCUT2D eigenvalue weighted by Gasteiger charge is 2.25. The normalized spacial score (nSPS) is 19.4. The summed E-state index contributed by atoms with van der Waals surface area (Å²) in [6, 6.07) is 11.9. The zero-order valence-electron chi connectivity index (χ0n) is 13.0. The first-order valence-electron chi connectivity index (χ1n) is 7.92. The van der Waals surface area contributed by atoms with E-state index < -0.39 is 0 Å². The second kappa shape index (κ2) is 7.77. The predicted molar refractivity (Wildman–Crippen MR) is 85.9 cm³/mol. The van der Waals surface area contributed by atoms with Gasteiger partial charge in [-0.1, -0.05) is 37.3 Å². The molecule has 1 unspecified atom stereocenters. The van der Waals surface area contributed by atoms with E-state index in [1.165, 1.54) is 38.0 Å². The van der Waals surface area contributed by atoms with Crippen LogP contribution in [0.25, 0.3) is 0 Å². The summed E-state index contributed by atoms with van der Waals surface area (Å²) in [5.41, 5.74) is 7.42. The first-order valence-corrected chi connectivity index (χ1v) is 7.92. The van der Waals surface area contributed by atoms with E-state index in [1.807, 2.05) is 0 Å². The number of piperidine rings is 1. The van der Waals surface area contributed by atoms with E-state index in [-0.39, 0.29) is 0 Å². The van der Waals surface area contributed by atoms with Gasteiger partial charge in [-0.05, 0) is 51.5 Å². The smallest absolute Gasteiger partial charge is 0.0258 e. The molecule has 20 heavy (non-hydrogen) atoms. The van der Waals surface area contributed by atoms with Gasteiger partial charge in [-0.2, -0.15) is 0 Å². The SMILES string of the molecule is CCN1CCC(N(C)C(CN)Cc2ccccc2)CC1. The molecule has 1 aromatic carbocycles. The molecule has 1 aliphatic heterocycles. The van der Waals surface area contributed by atoms with Crippen LogP contribution in [0.4, 0.5) is 0 Å². The molecule has 1 fully saturated rings. The topological polar surface area (TPSA) is 32.5 Å². The summed E-state index contributed by atoms with van der Waals surface area (Å²) in [7, 11) is 2.26. The van der Waals surface area contributed by atoms with Gasteiger partial charge >= 0.3 is 0 Å². The van der Waals surface area contributed by atoms with Crippen LogP contribution < -0.4 is 5.73 Å². The zero-order chi connectivity index (χ0) is 14.4. The summed E-state index contributed by atoms with van der Waals surface area (Å²) in [6.45, 7) is 6.63. The van der Waals surface area contributed by atoms with Crippen LogP contribution in [0.3, 0.4) is 0 Å². The quantitative estimate of drug-likeness (QED) is 0.861. The maximum absolute atomic E-state index is 6.03. The molecule has 1 aliphatic rings. The number of likely N-dealkylation sites (N-methyl/N-ethyl adjacent to an activating group) is 1. The van der Waals surface area contributed by atoms with Crippen molar-refractivity contribution in [2.75, 3.05) is 33.2 Å². The molecule has 3 nitrogen and oxygen atoms in total. The number of nitrogens with two attached hydrogens (primary N) is 1. The lowest BCUT2D eigenvalue weighted by atomic mass is 9.98. The van der Waals surface area contributed by atoms with Crippen molar-refractivity contribution >= 4 is 0 Å². The van der Waals surface area contributed by atoms with Crippen molar-refractivity contribution in [2.24, 2.45) is 5.73 Å². The van der Waals surface area contributed by atoms with Crippen molar-refractivity contribution in [1.82, 2.24) is 9.80 Å². The molecule has 3 heteroatoms. The summed E-state index contributed by atoms with van der Waals surface area (Å²) in [5.74, 6) is 0. The highest BCUT2D eigenvalue weighted by Crippen LogP contribution is 2.18. The third kappa shape index (κ3) is 4.05. The number of hydrogen-bond donors (Lipinski definition) is 1. The fourth-order valence-electron chi connectivity index (χ4n) is 3.22. The first kappa shape index (κ1) is 15.5. The lowest BCUT2D eigenvalue weighted by Crippen LogP contribution is -2.50. The Morgan fingerprint density at radius 3 is 2.45 bits per heavy atom. The molecule has 0 saturated carbocycles. The van der Waals surface area contributed by atoms with E-state index in [4.69, 9.17) is 5.73 Å². The molecule has 112 valence electrons. The van der Waals surface area contributed by atoms with Crippen LogP contribution in [0.1, 0.15) is 25.3 Å². The maximum atomic E-state index is 6.03. The number of hydrogen-bond acceptors (Lipinski definition) is 3. The molecule has 2 rings (SSSR count). The van der Waals surface area contributed by atoms with Gasteiger partial charge in [0.2, 0.25) is 0 Å². The molecule has 0 aliphatic carbocycles. The van der Waals surface area contributed by atoms with Gasteiger partial charge in [0.05, 0.1) is 0 Å². The van der Waals surface area contributed by atoms with Gasteiger partial charge in [0.1, 0.15) is 0 Å². The largest absolute Gasteiger partial charge is 0.329 e. The monoisotopic (exact) mass is 275 g/mol. The Hall–Kier alpha value is -0.900. The highest BCUT2D eigenvalue weighted by atomic mass is 15.2. The number of benzene rings is 1. The zero-order valence-corrected chi connectivity index (χ0v) is 13.0. The van der Waals surface area contributed by atoms with E-state index in [9.17, 15) is 0 Å². The van der Waals surface area contributed by atoms with Gasteiger partial charge in [-0.25, -0.2) is 0 Å². The van der Waals surface area contributed by atoms with Gasteiger partial charge in [0, 0.05) is 18.6 Å². The molecule has 1 heterocycles. The van der Waals surface area contributed by atoms with Gasteiger partial charge in [-0.15, -0.1) is 0 Å². The summed E-state index contributed by atoms with van der Waals surface area (Å²) < 4.78 is 0. The fourth-order valence-corrected chi connectivity index (χ4v) is 3.22. The van der Waals surface area contributed by atoms with E-state index >= 15 is 0 Å². The van der Waals surface area contributed by atoms with E-state index in [0.717, 1.165) is 13.0 Å². The van der Waals surface area contributed by atoms with E-state index in [1.54, 1.807) is 0 Å². The van der Waals surface area contributed by atoms with Gasteiger partial charge in [0.25, 0.3) is 0 Å². The van der Waals surface area contributed by atoms with Gasteiger partial charge < -0.3 is 10.6 Å². The molecular weight excluding hydrogens is 246 g/mol. The fraction of sp³-hybridized carbons (Fsp3) is 0.647. The van der Waals surface area contributed by atoms with Crippen LogP contribution in [-0.2, 0) is 6.42 Å². The second-order valence-corrected chi connectivity index (χ2v) is 5.91. The molecule has 0 aromatic heterocycles. The van der Waals surface area contributed by atoms with Crippen LogP contribution in [0.2, 0.25) is 0 Å². The Labute approximate surface area is 123 Å². The van der Waals surface area contributed by atoms with Crippen molar-refractivity contribution in [3.05, 3.63) is 35.9 Å². The summed E-state index contributed by atoms with van der Waals surface area (Å²) in [6.07, 6.45) is 3.60. The average Bonchev–Trinajstić information content (AvgIpc) is 2.53. The lowest BCUT2D eigenvalue weighted by Gasteiger charge is -2.40. The van der Waals surface area contributed by atoms with Crippen LogP contribution in [0.5, 0.6) is 0 Å². The summed E-state index contributed by atoms with van der Waals surface area (Å²) in [4.78, 5) is 5.07. The molecule has 0 radical (unpaired) electrons. The second-order valence-electron chi connectivity index (χ2n) is 5.91. The van der Waals surface area contributed by atoms with Gasteiger partial charge in [-0.3, -0.25) is 4.90 Å². The third-order valence-electron chi connectivity index (χ3n) is 4.74. The molecule has 1 saturated heterocycles. The average molecular weight is 275 g/mol. The van der Waals surface area contributed by atoms with E-state index in [2.05, 4.69) is 54.1 Å². The van der Waals surface area contributed by atoms with E-state index in [0.29, 0.717) is 12.1 Å². The maximum Gasteiger partial charge on any atom is 0.0258 e. The Morgan fingerprint density at radius 2 is 1.90 bits per heavy atom. The standard InChI is InChI=1S/C17H29N3/c1-3-20-11-9-16(10-12-20)19(2)17(14-18)13-15-7-5-4-6-8-15/h4-8,16-17H,3,9-14,18H2,1-2H3. The van der Waals surface area contributed by atoms with Crippen LogP contribution in [0, 0.1) is 0 Å². The van der Waals surface area contributed by atoms with Crippen molar-refractivity contribution in [3.8, 4) is 0 Å². The Kier molecular flexibility index (Phi) is 6.02. The number of rotatable bonds is 6. The minimum Gasteiger partial charge on any atom is -0.329 e. The Bertz CT molecular complexity index is 371. The third-order valence-corrected chi connectivity index (χ3v) is 4.74. The van der Waals surface area contributed by atoms with Crippen LogP contribution >= 0.6 is 0 Å². The highest BCUT2D eigenvalue weighted by molar-refractivity contribution is 5.16. The molecule has 1 atom stereocenters. The summed E-state index contributed by atoms with van der Waals surface area (Å²) in [5, 5.41) is 0. The minimum atomic E-state index is 0.454. The molecule has 2 N–H and O–H groups in total. The molecular formula is C17H29N3. The molecule has 0 amide bonds. The Balaban J connectivity index is 1.90. The van der Waals surface area contributed by atoms with Crippen LogP contribution in [0.15, 0.2) is 30.3 Å². The predicted octanol–water partition coefficient (Wildman–Crippen LogP) is 1.97. The van der Waals surface area contributed by atoms with Crippen molar-refractivity contribution < 1.29 is 0 Å². The van der Waals surface area contributed by atoms with Crippen molar-refractivity contribution in [1.29, 1.82) is 0 Å². The van der Waals surface area contributed by atoms with Crippen molar-refractivity contribution in [2.45, 2.75) is 38.3 Å².